The van der Waals surface area contributed by atoms with Crippen LogP contribution >= 0.6 is 11.3 Å². The van der Waals surface area contributed by atoms with E-state index in [-0.39, 0.29) is 6.04 Å². The zero-order chi connectivity index (χ0) is 14.0. The van der Waals surface area contributed by atoms with Crippen molar-refractivity contribution in [1.29, 1.82) is 0 Å². The third kappa shape index (κ3) is 3.23. The predicted octanol–water partition coefficient (Wildman–Crippen LogP) is 2.77. The molecule has 0 radical (unpaired) electrons. The second-order valence-electron chi connectivity index (χ2n) is 4.51. The van der Waals surface area contributed by atoms with Gasteiger partial charge in [-0.05, 0) is 43.8 Å². The van der Waals surface area contributed by atoms with Crippen LogP contribution in [-0.2, 0) is 9.84 Å². The molecule has 102 valence electrons. The van der Waals surface area contributed by atoms with Crippen LogP contribution in [0.3, 0.4) is 0 Å². The van der Waals surface area contributed by atoms with Gasteiger partial charge in [0, 0.05) is 16.0 Å². The molecule has 0 fully saturated rings. The van der Waals surface area contributed by atoms with Crippen molar-refractivity contribution in [3.8, 4) is 0 Å². The Bertz CT molecular complexity index is 657. The standard InChI is InChI=1S/C14H17NO2S2/c1-10-4-9-13(18-10)14(15-2)11-5-7-12(8-6-11)19(3,16)17/h4-9,14-15H,1-3H3. The Morgan fingerprint density at radius 1 is 1.11 bits per heavy atom. The van der Waals surface area contributed by atoms with E-state index in [1.807, 2.05) is 19.2 Å². The number of aryl methyl sites for hydroxylation is 1. The minimum Gasteiger partial charge on any atom is -0.309 e. The van der Waals surface area contributed by atoms with Crippen LogP contribution in [-0.4, -0.2) is 21.7 Å². The fourth-order valence-electron chi connectivity index (χ4n) is 1.99. The number of benzene rings is 1. The highest BCUT2D eigenvalue weighted by molar-refractivity contribution is 7.90. The van der Waals surface area contributed by atoms with Crippen LogP contribution in [0.1, 0.15) is 21.4 Å². The van der Waals surface area contributed by atoms with E-state index in [1.54, 1.807) is 23.5 Å². The van der Waals surface area contributed by atoms with E-state index in [0.717, 1.165) is 5.56 Å². The summed E-state index contributed by atoms with van der Waals surface area (Å²) in [7, 11) is -1.22. The lowest BCUT2D eigenvalue weighted by Gasteiger charge is -2.15. The molecule has 0 saturated heterocycles. The summed E-state index contributed by atoms with van der Waals surface area (Å²) in [5.74, 6) is 0. The van der Waals surface area contributed by atoms with Gasteiger partial charge in [0.05, 0.1) is 10.9 Å². The number of sulfone groups is 1. The number of thiophene rings is 1. The van der Waals surface area contributed by atoms with Gasteiger partial charge in [0.2, 0.25) is 0 Å². The summed E-state index contributed by atoms with van der Waals surface area (Å²) < 4.78 is 22.9. The van der Waals surface area contributed by atoms with Crippen molar-refractivity contribution in [2.24, 2.45) is 0 Å². The molecule has 1 aromatic carbocycles. The monoisotopic (exact) mass is 295 g/mol. The average molecular weight is 295 g/mol. The Balaban J connectivity index is 2.35. The van der Waals surface area contributed by atoms with Crippen LogP contribution in [0.2, 0.25) is 0 Å². The Hall–Kier alpha value is -1.17. The van der Waals surface area contributed by atoms with E-state index in [2.05, 4.69) is 24.4 Å². The van der Waals surface area contributed by atoms with Crippen LogP contribution < -0.4 is 5.32 Å². The SMILES string of the molecule is CNC(c1ccc(S(C)(=O)=O)cc1)c1ccc(C)s1. The number of hydrogen-bond acceptors (Lipinski definition) is 4. The maximum atomic E-state index is 11.4. The van der Waals surface area contributed by atoms with Gasteiger partial charge in [-0.25, -0.2) is 8.42 Å². The number of nitrogens with one attached hydrogen (secondary N) is 1. The first-order valence-corrected chi connectivity index (χ1v) is 8.66. The normalized spacial score (nSPS) is 13.4. The van der Waals surface area contributed by atoms with Gasteiger partial charge in [0.25, 0.3) is 0 Å². The van der Waals surface area contributed by atoms with E-state index < -0.39 is 9.84 Å². The van der Waals surface area contributed by atoms with Crippen molar-refractivity contribution in [3.05, 3.63) is 51.7 Å². The van der Waals surface area contributed by atoms with Gasteiger partial charge in [-0.3, -0.25) is 0 Å². The molecule has 1 heterocycles. The van der Waals surface area contributed by atoms with Gasteiger partial charge >= 0.3 is 0 Å². The van der Waals surface area contributed by atoms with Crippen molar-refractivity contribution >= 4 is 21.2 Å². The summed E-state index contributed by atoms with van der Waals surface area (Å²) in [5.41, 5.74) is 1.07. The first-order valence-electron chi connectivity index (χ1n) is 5.95. The zero-order valence-corrected chi connectivity index (χ0v) is 12.8. The fraction of sp³-hybridized carbons (Fsp3) is 0.286. The van der Waals surface area contributed by atoms with E-state index in [4.69, 9.17) is 0 Å². The van der Waals surface area contributed by atoms with Gasteiger partial charge in [-0.15, -0.1) is 11.3 Å². The summed E-state index contributed by atoms with van der Waals surface area (Å²) in [4.78, 5) is 2.85. The van der Waals surface area contributed by atoms with Gasteiger partial charge in [0.15, 0.2) is 9.84 Å². The summed E-state index contributed by atoms with van der Waals surface area (Å²) in [5, 5.41) is 3.27. The molecule has 0 spiro atoms. The van der Waals surface area contributed by atoms with E-state index in [9.17, 15) is 8.42 Å². The number of hydrogen-bond donors (Lipinski definition) is 1. The molecule has 1 unspecified atom stereocenters. The van der Waals surface area contributed by atoms with Crippen LogP contribution in [0.15, 0.2) is 41.3 Å². The molecule has 1 N–H and O–H groups in total. The van der Waals surface area contributed by atoms with Crippen molar-refractivity contribution in [1.82, 2.24) is 5.32 Å². The lowest BCUT2D eigenvalue weighted by atomic mass is 10.1. The molecule has 3 nitrogen and oxygen atoms in total. The Morgan fingerprint density at radius 2 is 1.74 bits per heavy atom. The van der Waals surface area contributed by atoms with Crippen molar-refractivity contribution in [2.45, 2.75) is 17.9 Å². The summed E-state index contributed by atoms with van der Waals surface area (Å²) >= 11 is 1.74. The highest BCUT2D eigenvalue weighted by Gasteiger charge is 2.15. The molecule has 2 rings (SSSR count). The van der Waals surface area contributed by atoms with Crippen LogP contribution in [0, 0.1) is 6.92 Å². The van der Waals surface area contributed by atoms with Crippen molar-refractivity contribution in [2.75, 3.05) is 13.3 Å². The second-order valence-corrected chi connectivity index (χ2v) is 7.85. The maximum absolute atomic E-state index is 11.4. The minimum atomic E-state index is -3.13. The lowest BCUT2D eigenvalue weighted by Crippen LogP contribution is -2.16. The molecule has 2 aromatic rings. The highest BCUT2D eigenvalue weighted by Crippen LogP contribution is 2.28. The van der Waals surface area contributed by atoms with Gasteiger partial charge < -0.3 is 5.32 Å². The predicted molar refractivity (Wildman–Crippen MR) is 79.5 cm³/mol. The molecule has 0 amide bonds. The van der Waals surface area contributed by atoms with Gasteiger partial charge in [0.1, 0.15) is 0 Å². The molecule has 0 aliphatic heterocycles. The van der Waals surface area contributed by atoms with E-state index >= 15 is 0 Å². The quantitative estimate of drug-likeness (QED) is 0.943. The third-order valence-electron chi connectivity index (χ3n) is 2.98. The summed E-state index contributed by atoms with van der Waals surface area (Å²) in [6.07, 6.45) is 1.22. The van der Waals surface area contributed by atoms with E-state index in [1.165, 1.54) is 16.0 Å². The largest absolute Gasteiger partial charge is 0.309 e. The van der Waals surface area contributed by atoms with Crippen molar-refractivity contribution in [3.63, 3.8) is 0 Å². The topological polar surface area (TPSA) is 46.2 Å². The smallest absolute Gasteiger partial charge is 0.175 e. The van der Waals surface area contributed by atoms with Crippen LogP contribution in [0.5, 0.6) is 0 Å². The maximum Gasteiger partial charge on any atom is 0.175 e. The first kappa shape index (κ1) is 14.2. The molecule has 1 aromatic heterocycles. The van der Waals surface area contributed by atoms with Crippen LogP contribution in [0.4, 0.5) is 0 Å². The lowest BCUT2D eigenvalue weighted by molar-refractivity contribution is 0.601. The molecule has 19 heavy (non-hydrogen) atoms. The summed E-state index contributed by atoms with van der Waals surface area (Å²) in [6, 6.07) is 11.4. The molecular formula is C14H17NO2S2. The zero-order valence-electron chi connectivity index (χ0n) is 11.2. The molecule has 0 saturated carbocycles. The van der Waals surface area contributed by atoms with Crippen molar-refractivity contribution < 1.29 is 8.42 Å². The molecule has 0 aliphatic carbocycles. The molecule has 0 bridgehead atoms. The van der Waals surface area contributed by atoms with E-state index in [0.29, 0.717) is 4.90 Å². The van der Waals surface area contributed by atoms with Crippen LogP contribution in [0.25, 0.3) is 0 Å². The Morgan fingerprint density at radius 3 is 2.16 bits per heavy atom. The summed E-state index contributed by atoms with van der Waals surface area (Å²) in [6.45, 7) is 2.08. The molecular weight excluding hydrogens is 278 g/mol. The minimum absolute atomic E-state index is 0.104. The van der Waals surface area contributed by atoms with Gasteiger partial charge in [-0.2, -0.15) is 0 Å². The Labute approximate surface area is 118 Å². The molecule has 1 atom stereocenters. The fourth-order valence-corrected chi connectivity index (χ4v) is 3.64. The second kappa shape index (κ2) is 5.45. The average Bonchev–Trinajstić information content (AvgIpc) is 2.76. The number of rotatable bonds is 4. The Kier molecular flexibility index (Phi) is 4.08. The first-order chi connectivity index (χ1) is 8.91. The van der Waals surface area contributed by atoms with Gasteiger partial charge in [-0.1, -0.05) is 12.1 Å². The highest BCUT2D eigenvalue weighted by atomic mass is 32.2. The molecule has 5 heteroatoms. The molecule has 0 aliphatic rings. The third-order valence-corrected chi connectivity index (χ3v) is 5.17.